The summed E-state index contributed by atoms with van der Waals surface area (Å²) in [5, 5.41) is 19.7. The molecule has 0 aromatic carbocycles. The molecule has 2 atom stereocenters. The van der Waals surface area contributed by atoms with Crippen LogP contribution in [-0.4, -0.2) is 46.8 Å². The Bertz CT molecular complexity index is 244. The van der Waals surface area contributed by atoms with Crippen molar-refractivity contribution in [1.82, 2.24) is 4.90 Å². The van der Waals surface area contributed by atoms with Crippen LogP contribution in [0.25, 0.3) is 0 Å². The second-order valence-corrected chi connectivity index (χ2v) is 4.94. The second kappa shape index (κ2) is 5.64. The van der Waals surface area contributed by atoms with Gasteiger partial charge in [0, 0.05) is 6.54 Å². The van der Waals surface area contributed by atoms with Gasteiger partial charge >= 0.3 is 5.97 Å². The summed E-state index contributed by atoms with van der Waals surface area (Å²) >= 11 is 0. The van der Waals surface area contributed by atoms with Crippen molar-refractivity contribution in [2.45, 2.75) is 44.6 Å². The Morgan fingerprint density at radius 3 is 2.69 bits per heavy atom. The van der Waals surface area contributed by atoms with E-state index in [-0.39, 0.29) is 0 Å². The van der Waals surface area contributed by atoms with Gasteiger partial charge in [-0.1, -0.05) is 13.3 Å². The molecule has 1 aliphatic heterocycles. The molecule has 4 heteroatoms. The van der Waals surface area contributed by atoms with Crippen molar-refractivity contribution in [3.8, 4) is 0 Å². The number of carboxylic acids is 1. The zero-order valence-corrected chi connectivity index (χ0v) is 10.3. The molecule has 16 heavy (non-hydrogen) atoms. The number of aliphatic hydroxyl groups is 1. The van der Waals surface area contributed by atoms with Gasteiger partial charge in [-0.2, -0.15) is 0 Å². The van der Waals surface area contributed by atoms with Gasteiger partial charge in [0.1, 0.15) is 0 Å². The van der Waals surface area contributed by atoms with Crippen molar-refractivity contribution >= 4 is 5.97 Å². The van der Waals surface area contributed by atoms with Crippen molar-refractivity contribution in [3.63, 3.8) is 0 Å². The molecule has 1 rings (SSSR count). The van der Waals surface area contributed by atoms with Crippen LogP contribution in [-0.2, 0) is 4.79 Å². The highest BCUT2D eigenvalue weighted by molar-refractivity contribution is 5.71. The van der Waals surface area contributed by atoms with Gasteiger partial charge in [-0.25, -0.2) is 0 Å². The Morgan fingerprint density at radius 2 is 2.12 bits per heavy atom. The number of rotatable bonds is 4. The van der Waals surface area contributed by atoms with Gasteiger partial charge < -0.3 is 15.1 Å². The fourth-order valence-corrected chi connectivity index (χ4v) is 2.54. The molecular formula is C12H23NO3. The number of carbonyl (C=O) groups is 1. The zero-order valence-electron chi connectivity index (χ0n) is 10.3. The van der Waals surface area contributed by atoms with Gasteiger partial charge in [-0.15, -0.1) is 0 Å². The molecule has 0 aromatic heterocycles. The van der Waals surface area contributed by atoms with Crippen molar-refractivity contribution in [2.75, 3.05) is 20.1 Å². The molecule has 1 heterocycles. The Kier molecular flexibility index (Phi) is 4.74. The number of aliphatic carboxylic acids is 1. The van der Waals surface area contributed by atoms with E-state index in [4.69, 9.17) is 0 Å². The van der Waals surface area contributed by atoms with Crippen LogP contribution in [0.5, 0.6) is 0 Å². The molecule has 4 nitrogen and oxygen atoms in total. The quantitative estimate of drug-likeness (QED) is 0.763. The third kappa shape index (κ3) is 3.19. The summed E-state index contributed by atoms with van der Waals surface area (Å²) in [6.07, 6.45) is 3.42. The molecule has 0 aromatic rings. The number of hydrogen-bond donors (Lipinski definition) is 2. The van der Waals surface area contributed by atoms with Crippen LogP contribution in [0.3, 0.4) is 0 Å². The minimum atomic E-state index is -1.01. The molecule has 0 radical (unpaired) electrons. The summed E-state index contributed by atoms with van der Waals surface area (Å²) in [6.45, 7) is 3.69. The lowest BCUT2D eigenvalue weighted by Gasteiger charge is -2.32. The fourth-order valence-electron chi connectivity index (χ4n) is 2.54. The first kappa shape index (κ1) is 13.5. The highest BCUT2D eigenvalue weighted by Gasteiger charge is 2.41. The van der Waals surface area contributed by atoms with Crippen LogP contribution in [0, 0.1) is 5.92 Å². The van der Waals surface area contributed by atoms with Gasteiger partial charge in [-0.3, -0.25) is 4.79 Å². The third-order valence-corrected chi connectivity index (χ3v) is 3.60. The summed E-state index contributed by atoms with van der Waals surface area (Å²) in [5.41, 5.74) is -1.01. The van der Waals surface area contributed by atoms with Crippen LogP contribution in [0.2, 0.25) is 0 Å². The predicted molar refractivity (Wildman–Crippen MR) is 62.3 cm³/mol. The maximum absolute atomic E-state index is 11.2. The topological polar surface area (TPSA) is 60.8 Å². The molecule has 2 N–H and O–H groups in total. The van der Waals surface area contributed by atoms with Crippen LogP contribution in [0.15, 0.2) is 0 Å². The monoisotopic (exact) mass is 229 g/mol. The van der Waals surface area contributed by atoms with Gasteiger partial charge in [0.25, 0.3) is 0 Å². The van der Waals surface area contributed by atoms with Crippen LogP contribution >= 0.6 is 0 Å². The van der Waals surface area contributed by atoms with Crippen molar-refractivity contribution in [1.29, 1.82) is 0 Å². The van der Waals surface area contributed by atoms with E-state index in [0.29, 0.717) is 19.3 Å². The van der Waals surface area contributed by atoms with Crippen molar-refractivity contribution in [2.24, 2.45) is 5.92 Å². The summed E-state index contributed by atoms with van der Waals surface area (Å²) < 4.78 is 0. The Balaban J connectivity index is 2.75. The summed E-state index contributed by atoms with van der Waals surface area (Å²) in [4.78, 5) is 13.4. The zero-order chi connectivity index (χ0) is 12.2. The summed E-state index contributed by atoms with van der Waals surface area (Å²) in [6, 6.07) is 0. The van der Waals surface area contributed by atoms with E-state index in [1.807, 2.05) is 14.0 Å². The van der Waals surface area contributed by atoms with Gasteiger partial charge in [0.05, 0.1) is 11.5 Å². The molecule has 1 fully saturated rings. The Hall–Kier alpha value is -0.610. The molecule has 0 bridgehead atoms. The van der Waals surface area contributed by atoms with Crippen LogP contribution in [0.1, 0.15) is 39.0 Å². The van der Waals surface area contributed by atoms with E-state index < -0.39 is 17.5 Å². The lowest BCUT2D eigenvalue weighted by Crippen LogP contribution is -2.43. The highest BCUT2D eigenvalue weighted by Crippen LogP contribution is 2.32. The number of likely N-dealkylation sites (tertiary alicyclic amines) is 1. The Morgan fingerprint density at radius 1 is 1.44 bits per heavy atom. The van der Waals surface area contributed by atoms with E-state index in [9.17, 15) is 15.0 Å². The maximum Gasteiger partial charge on any atom is 0.309 e. The van der Waals surface area contributed by atoms with Gasteiger partial charge in [-0.05, 0) is 39.3 Å². The molecule has 1 saturated heterocycles. The standard InChI is InChI=1S/C12H23NO3/c1-3-5-10(11(14)15)12(16)6-4-8-13(2)9-7-12/h10,16H,3-9H2,1-2H3,(H,14,15). The van der Waals surface area contributed by atoms with Crippen molar-refractivity contribution < 1.29 is 15.0 Å². The van der Waals surface area contributed by atoms with E-state index >= 15 is 0 Å². The lowest BCUT2D eigenvalue weighted by molar-refractivity contribution is -0.153. The highest BCUT2D eigenvalue weighted by atomic mass is 16.4. The predicted octanol–water partition coefficient (Wildman–Crippen LogP) is 1.33. The molecule has 94 valence electrons. The average molecular weight is 229 g/mol. The van der Waals surface area contributed by atoms with E-state index in [2.05, 4.69) is 4.90 Å². The van der Waals surface area contributed by atoms with E-state index in [1.54, 1.807) is 0 Å². The Labute approximate surface area is 97.3 Å². The second-order valence-electron chi connectivity index (χ2n) is 4.94. The van der Waals surface area contributed by atoms with E-state index in [1.165, 1.54) is 0 Å². The number of carboxylic acid groups (broad SMARTS) is 1. The molecule has 0 saturated carbocycles. The first-order valence-corrected chi connectivity index (χ1v) is 6.13. The lowest BCUT2D eigenvalue weighted by atomic mass is 9.79. The van der Waals surface area contributed by atoms with Crippen LogP contribution in [0.4, 0.5) is 0 Å². The average Bonchev–Trinajstić information content (AvgIpc) is 2.38. The largest absolute Gasteiger partial charge is 0.481 e. The normalized spacial score (nSPS) is 29.7. The molecule has 0 spiro atoms. The van der Waals surface area contributed by atoms with Gasteiger partial charge in [0.15, 0.2) is 0 Å². The minimum Gasteiger partial charge on any atom is -0.481 e. The first-order valence-electron chi connectivity index (χ1n) is 6.13. The molecule has 2 unspecified atom stereocenters. The number of nitrogens with zero attached hydrogens (tertiary/aromatic N) is 1. The molecular weight excluding hydrogens is 206 g/mol. The molecule has 0 amide bonds. The minimum absolute atomic E-state index is 0.565. The SMILES string of the molecule is CCCC(C(=O)O)C1(O)CCCN(C)CC1. The summed E-state index contributed by atoms with van der Waals surface area (Å²) in [7, 11) is 2.02. The van der Waals surface area contributed by atoms with Crippen molar-refractivity contribution in [3.05, 3.63) is 0 Å². The smallest absolute Gasteiger partial charge is 0.309 e. The maximum atomic E-state index is 11.2. The molecule has 0 aliphatic carbocycles. The van der Waals surface area contributed by atoms with Crippen LogP contribution < -0.4 is 0 Å². The fraction of sp³-hybridized carbons (Fsp3) is 0.917. The number of hydrogen-bond acceptors (Lipinski definition) is 3. The third-order valence-electron chi connectivity index (χ3n) is 3.60. The summed E-state index contributed by atoms with van der Waals surface area (Å²) in [5.74, 6) is -1.46. The van der Waals surface area contributed by atoms with E-state index in [0.717, 1.165) is 25.9 Å². The molecule has 1 aliphatic rings. The first-order chi connectivity index (χ1) is 7.49. The van der Waals surface area contributed by atoms with Gasteiger partial charge in [0.2, 0.25) is 0 Å².